The molecule has 4 rings (SSSR count). The van der Waals surface area contributed by atoms with Gasteiger partial charge in [-0.15, -0.1) is 11.3 Å². The molecule has 0 spiro atoms. The van der Waals surface area contributed by atoms with Gasteiger partial charge in [-0.3, -0.25) is 14.8 Å². The van der Waals surface area contributed by atoms with Crippen LogP contribution >= 0.6 is 34.9 Å². The van der Waals surface area contributed by atoms with Gasteiger partial charge in [-0.25, -0.2) is 4.98 Å². The molecule has 0 radical (unpaired) electrons. The number of anilines is 1. The molecule has 3 aromatic heterocycles. The average Bonchev–Trinajstić information content (AvgIpc) is 3.47. The smallest absolute Gasteiger partial charge is 0.280 e. The van der Waals surface area contributed by atoms with Crippen molar-refractivity contribution in [3.63, 3.8) is 0 Å². The van der Waals surface area contributed by atoms with Gasteiger partial charge in [0, 0.05) is 46.3 Å². The Bertz CT molecular complexity index is 1080. The minimum Gasteiger partial charge on any atom is -0.404 e. The number of rotatable bonds is 8. The molecule has 0 aromatic carbocycles. The van der Waals surface area contributed by atoms with E-state index in [2.05, 4.69) is 25.0 Å². The maximum Gasteiger partial charge on any atom is 0.280 e. The Hall–Kier alpha value is -2.62. The normalized spacial score (nSPS) is 13.8. The SMILES string of the molecule is N/C=C(\c1cc(Cl)ccn1)c1cnc(C(=O)NCc2cc(NSC3CC3)ccn2)s1. The fourth-order valence-electron chi connectivity index (χ4n) is 2.57. The largest absolute Gasteiger partial charge is 0.404 e. The van der Waals surface area contributed by atoms with Crippen LogP contribution in [-0.2, 0) is 6.54 Å². The Kier molecular flexibility index (Phi) is 6.51. The van der Waals surface area contributed by atoms with Crippen LogP contribution in [0, 0.1) is 0 Å². The average molecular weight is 459 g/mol. The third-order valence-corrected chi connectivity index (χ3v) is 6.67. The summed E-state index contributed by atoms with van der Waals surface area (Å²) in [7, 11) is 0. The van der Waals surface area contributed by atoms with Gasteiger partial charge in [0.05, 0.1) is 22.8 Å². The minimum absolute atomic E-state index is 0.269. The van der Waals surface area contributed by atoms with Crippen molar-refractivity contribution in [3.05, 3.63) is 75.4 Å². The highest BCUT2D eigenvalue weighted by Crippen LogP contribution is 2.34. The van der Waals surface area contributed by atoms with Gasteiger partial charge >= 0.3 is 0 Å². The number of hydrogen-bond donors (Lipinski definition) is 3. The highest BCUT2D eigenvalue weighted by atomic mass is 35.5. The molecule has 1 aliphatic rings. The first kappa shape index (κ1) is 20.6. The zero-order valence-corrected chi connectivity index (χ0v) is 18.2. The number of amides is 1. The van der Waals surface area contributed by atoms with Gasteiger partial charge in [0.25, 0.3) is 5.91 Å². The molecule has 30 heavy (non-hydrogen) atoms. The van der Waals surface area contributed by atoms with Gasteiger partial charge in [-0.05, 0) is 49.1 Å². The molecule has 1 aliphatic carbocycles. The second-order valence-corrected chi connectivity index (χ2v) is 9.18. The van der Waals surface area contributed by atoms with E-state index in [0.717, 1.165) is 16.3 Å². The van der Waals surface area contributed by atoms with E-state index >= 15 is 0 Å². The molecule has 3 aromatic rings. The van der Waals surface area contributed by atoms with Crippen molar-refractivity contribution in [1.29, 1.82) is 0 Å². The summed E-state index contributed by atoms with van der Waals surface area (Å²) in [6, 6.07) is 7.25. The van der Waals surface area contributed by atoms with Gasteiger partial charge in [-0.1, -0.05) is 11.6 Å². The topological polar surface area (TPSA) is 106 Å². The Morgan fingerprint density at radius 3 is 2.87 bits per heavy atom. The monoisotopic (exact) mass is 458 g/mol. The van der Waals surface area contributed by atoms with Gasteiger partial charge < -0.3 is 15.8 Å². The van der Waals surface area contributed by atoms with Crippen LogP contribution < -0.4 is 15.8 Å². The molecule has 7 nitrogen and oxygen atoms in total. The van der Waals surface area contributed by atoms with E-state index in [-0.39, 0.29) is 5.91 Å². The predicted molar refractivity (Wildman–Crippen MR) is 122 cm³/mol. The van der Waals surface area contributed by atoms with E-state index < -0.39 is 0 Å². The lowest BCUT2D eigenvalue weighted by molar-refractivity contribution is 0.0950. The van der Waals surface area contributed by atoms with E-state index in [9.17, 15) is 4.79 Å². The number of nitrogens with one attached hydrogen (secondary N) is 2. The highest BCUT2D eigenvalue weighted by Gasteiger charge is 2.22. The Balaban J connectivity index is 1.39. The van der Waals surface area contributed by atoms with Crippen molar-refractivity contribution in [1.82, 2.24) is 20.3 Å². The van der Waals surface area contributed by atoms with E-state index in [1.807, 2.05) is 12.1 Å². The molecule has 1 saturated carbocycles. The van der Waals surface area contributed by atoms with Crippen molar-refractivity contribution >= 4 is 52.1 Å². The summed E-state index contributed by atoms with van der Waals surface area (Å²) in [5, 5.41) is 4.46. The number of pyridine rings is 2. The number of carbonyl (C=O) groups excluding carboxylic acids is 1. The quantitative estimate of drug-likeness (QED) is 0.436. The third kappa shape index (κ3) is 5.29. The Morgan fingerprint density at radius 1 is 1.27 bits per heavy atom. The number of thiazole rings is 1. The fraction of sp³-hybridized carbons (Fsp3) is 0.200. The number of hydrogen-bond acceptors (Lipinski definition) is 8. The van der Waals surface area contributed by atoms with Crippen LogP contribution in [0.4, 0.5) is 5.69 Å². The summed E-state index contributed by atoms with van der Waals surface area (Å²) < 4.78 is 3.33. The second kappa shape index (κ2) is 9.46. The Labute approximate surface area is 187 Å². The number of nitrogens with two attached hydrogens (primary N) is 1. The summed E-state index contributed by atoms with van der Waals surface area (Å²) in [5.74, 6) is -0.269. The lowest BCUT2D eigenvalue weighted by Crippen LogP contribution is -2.23. The van der Waals surface area contributed by atoms with Crippen molar-refractivity contribution in [2.24, 2.45) is 5.73 Å². The third-order valence-electron chi connectivity index (χ3n) is 4.24. The first-order valence-electron chi connectivity index (χ1n) is 9.27. The fourth-order valence-corrected chi connectivity index (χ4v) is 4.40. The van der Waals surface area contributed by atoms with Crippen LogP contribution in [0.15, 0.2) is 49.1 Å². The number of halogens is 1. The molecule has 10 heteroatoms. The van der Waals surface area contributed by atoms with Crippen LogP contribution in [0.5, 0.6) is 0 Å². The lowest BCUT2D eigenvalue weighted by atomic mass is 10.1. The minimum atomic E-state index is -0.269. The first-order chi connectivity index (χ1) is 14.6. The summed E-state index contributed by atoms with van der Waals surface area (Å²) in [6.45, 7) is 0.312. The first-order valence-corrected chi connectivity index (χ1v) is 11.3. The molecule has 1 amide bonds. The van der Waals surface area contributed by atoms with Crippen LogP contribution in [0.2, 0.25) is 5.02 Å². The van der Waals surface area contributed by atoms with Crippen molar-refractivity contribution in [3.8, 4) is 0 Å². The molecular formula is C20H19ClN6OS2. The van der Waals surface area contributed by atoms with E-state index in [4.69, 9.17) is 17.3 Å². The van der Waals surface area contributed by atoms with E-state index in [1.54, 1.807) is 42.7 Å². The summed E-state index contributed by atoms with van der Waals surface area (Å²) in [6.07, 6.45) is 8.91. The molecule has 0 saturated heterocycles. The Morgan fingerprint density at radius 2 is 2.10 bits per heavy atom. The van der Waals surface area contributed by atoms with Gasteiger partial charge in [0.1, 0.15) is 0 Å². The zero-order valence-electron chi connectivity index (χ0n) is 15.8. The molecular weight excluding hydrogens is 440 g/mol. The molecule has 0 bridgehead atoms. The van der Waals surface area contributed by atoms with Crippen LogP contribution in [0.1, 0.15) is 38.9 Å². The number of nitrogens with zero attached hydrogens (tertiary/aromatic N) is 3. The summed E-state index contributed by atoms with van der Waals surface area (Å²) >= 11 is 9.01. The van der Waals surface area contributed by atoms with E-state index in [1.165, 1.54) is 30.4 Å². The molecule has 3 heterocycles. The van der Waals surface area contributed by atoms with Crippen LogP contribution in [0.25, 0.3) is 5.57 Å². The summed E-state index contributed by atoms with van der Waals surface area (Å²) in [4.78, 5) is 26.1. The molecule has 154 valence electrons. The van der Waals surface area contributed by atoms with Crippen LogP contribution in [-0.4, -0.2) is 26.1 Å². The molecule has 0 atom stereocenters. The standard InChI is InChI=1S/C20H19ClN6OS2/c21-12-3-5-24-17(7-12)16(9-22)18-11-26-20(29-18)19(28)25-10-14-8-13(4-6-23-14)27-30-15-1-2-15/h3-9,11,15H,1-2,10,22H2,(H,23,27)(H,25,28)/b16-9+. The highest BCUT2D eigenvalue weighted by molar-refractivity contribution is 8.01. The predicted octanol–water partition coefficient (Wildman–Crippen LogP) is 4.09. The maximum atomic E-state index is 12.5. The van der Waals surface area contributed by atoms with Gasteiger partial charge in [-0.2, -0.15) is 0 Å². The molecule has 0 aliphatic heterocycles. The van der Waals surface area contributed by atoms with Gasteiger partial charge in [0.2, 0.25) is 0 Å². The van der Waals surface area contributed by atoms with E-state index in [0.29, 0.717) is 33.1 Å². The molecule has 0 unspecified atom stereocenters. The van der Waals surface area contributed by atoms with Gasteiger partial charge in [0.15, 0.2) is 5.01 Å². The van der Waals surface area contributed by atoms with Crippen molar-refractivity contribution in [2.75, 3.05) is 4.72 Å². The lowest BCUT2D eigenvalue weighted by Gasteiger charge is -2.07. The van der Waals surface area contributed by atoms with Crippen molar-refractivity contribution < 1.29 is 4.79 Å². The van der Waals surface area contributed by atoms with Crippen molar-refractivity contribution in [2.45, 2.75) is 24.6 Å². The van der Waals surface area contributed by atoms with Crippen LogP contribution in [0.3, 0.4) is 0 Å². The second-order valence-electron chi connectivity index (χ2n) is 6.61. The maximum absolute atomic E-state index is 12.5. The number of aromatic nitrogens is 3. The summed E-state index contributed by atoms with van der Waals surface area (Å²) in [5.41, 5.74) is 8.83. The molecule has 4 N–H and O–H groups in total. The zero-order chi connectivity index (χ0) is 20.9. The number of carbonyl (C=O) groups is 1. The molecule has 1 fully saturated rings.